The number of carbonyl (C=O) groups is 1. The van der Waals surface area contributed by atoms with Gasteiger partial charge in [-0.3, -0.25) is 4.79 Å². The van der Waals surface area contributed by atoms with Crippen LogP contribution in [0.4, 0.5) is 22.0 Å². The molecule has 1 heterocycles. The summed E-state index contributed by atoms with van der Waals surface area (Å²) in [5.74, 6) is -2.66. The molecule has 2 rings (SSSR count). The minimum absolute atomic E-state index is 0.0347. The average molecular weight is 481 g/mol. The Hall–Kier alpha value is -3.63. The molecule has 1 aromatic heterocycles. The monoisotopic (exact) mass is 481 g/mol. The molecule has 11 heteroatoms. The molecule has 1 N–H and O–H groups in total. The maximum absolute atomic E-state index is 14.3. The van der Waals surface area contributed by atoms with Gasteiger partial charge in [-0.05, 0) is 57.8 Å². The van der Waals surface area contributed by atoms with Gasteiger partial charge in [0.1, 0.15) is 5.82 Å². The molecule has 0 unspecified atom stereocenters. The number of amides is 1. The molecule has 0 aliphatic carbocycles. The number of allylic oxidation sites excluding steroid dienone is 3. The van der Waals surface area contributed by atoms with E-state index in [1.807, 2.05) is 0 Å². The standard InChI is InChI=1S/C23H24F5N5O/c1-5-33(15(3)13-32-21(29-4)19(25)11-14(2)23(26,27)28)22(34)18-12-16(24)7-8-17(18)20-30-9-6-10-31-20/h6-12,15,32H,4-5,13H2,1-3H3/b14-11+,21-19-/t15-/m0/s1. The molecule has 0 radical (unpaired) electrons. The summed E-state index contributed by atoms with van der Waals surface area (Å²) in [5, 5.41) is 2.58. The van der Waals surface area contributed by atoms with Crippen LogP contribution in [0.3, 0.4) is 0 Å². The molecule has 0 saturated carbocycles. The molecule has 1 atom stereocenters. The van der Waals surface area contributed by atoms with Gasteiger partial charge in [-0.25, -0.2) is 23.7 Å². The molecule has 2 aromatic rings. The predicted octanol–water partition coefficient (Wildman–Crippen LogP) is 5.07. The fraction of sp³-hybridized carbons (Fsp3) is 0.304. The molecule has 0 bridgehead atoms. The van der Waals surface area contributed by atoms with Gasteiger partial charge >= 0.3 is 6.18 Å². The van der Waals surface area contributed by atoms with Crippen molar-refractivity contribution in [3.8, 4) is 11.4 Å². The van der Waals surface area contributed by atoms with Crippen LogP contribution in [-0.2, 0) is 0 Å². The van der Waals surface area contributed by atoms with Crippen LogP contribution >= 0.6 is 0 Å². The Labute approximate surface area is 193 Å². The largest absolute Gasteiger partial charge is 0.412 e. The number of nitrogens with one attached hydrogen (secondary N) is 1. The van der Waals surface area contributed by atoms with Gasteiger partial charge in [0, 0.05) is 42.7 Å². The van der Waals surface area contributed by atoms with Crippen LogP contribution < -0.4 is 5.32 Å². The van der Waals surface area contributed by atoms with Crippen molar-refractivity contribution in [1.29, 1.82) is 0 Å². The summed E-state index contributed by atoms with van der Waals surface area (Å²) in [6.07, 6.45) is -1.40. The zero-order valence-corrected chi connectivity index (χ0v) is 18.8. The van der Waals surface area contributed by atoms with Crippen molar-refractivity contribution in [2.75, 3.05) is 13.1 Å². The van der Waals surface area contributed by atoms with E-state index in [2.05, 4.69) is 27.0 Å². The van der Waals surface area contributed by atoms with Crippen molar-refractivity contribution >= 4 is 12.6 Å². The summed E-state index contributed by atoms with van der Waals surface area (Å²) in [6.45, 7) is 7.39. The molecule has 1 aromatic carbocycles. The minimum atomic E-state index is -4.69. The number of aromatic nitrogens is 2. The van der Waals surface area contributed by atoms with Crippen molar-refractivity contribution in [1.82, 2.24) is 20.2 Å². The number of nitrogens with zero attached hydrogens (tertiary/aromatic N) is 4. The van der Waals surface area contributed by atoms with E-state index >= 15 is 0 Å². The van der Waals surface area contributed by atoms with Crippen molar-refractivity contribution in [2.45, 2.75) is 33.0 Å². The number of likely N-dealkylation sites (N-methyl/N-ethyl adjacent to an activating group) is 1. The number of halogens is 5. The molecular formula is C23H24F5N5O. The average Bonchev–Trinajstić information content (AvgIpc) is 2.79. The second-order valence-corrected chi connectivity index (χ2v) is 7.26. The van der Waals surface area contributed by atoms with Gasteiger partial charge in [-0.1, -0.05) is 0 Å². The molecule has 1 amide bonds. The first kappa shape index (κ1) is 26.6. The maximum atomic E-state index is 14.3. The van der Waals surface area contributed by atoms with Crippen molar-refractivity contribution in [3.05, 3.63) is 71.3 Å². The van der Waals surface area contributed by atoms with Gasteiger partial charge in [-0.15, -0.1) is 0 Å². The fourth-order valence-corrected chi connectivity index (χ4v) is 3.05. The molecule has 34 heavy (non-hydrogen) atoms. The lowest BCUT2D eigenvalue weighted by molar-refractivity contribution is -0.0914. The summed E-state index contributed by atoms with van der Waals surface area (Å²) in [5.41, 5.74) is -0.779. The van der Waals surface area contributed by atoms with Gasteiger partial charge in [-0.2, -0.15) is 13.2 Å². The van der Waals surface area contributed by atoms with E-state index in [1.54, 1.807) is 19.9 Å². The summed E-state index contributed by atoms with van der Waals surface area (Å²) in [6, 6.07) is 4.70. The topological polar surface area (TPSA) is 70.5 Å². The number of aliphatic imine (C=N–C) groups is 1. The van der Waals surface area contributed by atoms with Crippen LogP contribution in [-0.4, -0.2) is 52.8 Å². The van der Waals surface area contributed by atoms with Gasteiger partial charge in [0.2, 0.25) is 0 Å². The first-order chi connectivity index (χ1) is 16.0. The number of hydrogen-bond acceptors (Lipinski definition) is 5. The molecule has 0 spiro atoms. The zero-order valence-electron chi connectivity index (χ0n) is 18.8. The normalized spacial score (nSPS) is 13.7. The van der Waals surface area contributed by atoms with Crippen LogP contribution in [0.1, 0.15) is 31.1 Å². The summed E-state index contributed by atoms with van der Waals surface area (Å²) in [4.78, 5) is 26.3. The quantitative estimate of drug-likeness (QED) is 0.308. The molecular weight excluding hydrogens is 457 g/mol. The third-order valence-corrected chi connectivity index (χ3v) is 4.89. The Morgan fingerprint density at radius 3 is 2.50 bits per heavy atom. The fourth-order valence-electron chi connectivity index (χ4n) is 3.05. The Kier molecular flexibility index (Phi) is 8.99. The van der Waals surface area contributed by atoms with E-state index in [4.69, 9.17) is 0 Å². The van der Waals surface area contributed by atoms with Gasteiger partial charge in [0.05, 0.1) is 5.56 Å². The number of carbonyl (C=O) groups excluding carboxylic acids is 1. The van der Waals surface area contributed by atoms with Gasteiger partial charge in [0.15, 0.2) is 17.5 Å². The lowest BCUT2D eigenvalue weighted by Crippen LogP contribution is -2.44. The number of rotatable bonds is 9. The maximum Gasteiger partial charge on any atom is 0.412 e. The van der Waals surface area contributed by atoms with E-state index < -0.39 is 41.2 Å². The van der Waals surface area contributed by atoms with Gasteiger partial charge in [0.25, 0.3) is 5.91 Å². The Morgan fingerprint density at radius 2 is 1.94 bits per heavy atom. The van der Waals surface area contributed by atoms with Crippen molar-refractivity contribution in [2.24, 2.45) is 4.99 Å². The number of alkyl halides is 3. The third kappa shape index (κ3) is 6.69. The van der Waals surface area contributed by atoms with Crippen LogP contribution in [0.25, 0.3) is 11.4 Å². The zero-order chi connectivity index (χ0) is 25.5. The second-order valence-electron chi connectivity index (χ2n) is 7.26. The molecule has 0 fully saturated rings. The summed E-state index contributed by atoms with van der Waals surface area (Å²) >= 11 is 0. The molecule has 0 aliphatic heterocycles. The van der Waals surface area contributed by atoms with Crippen LogP contribution in [0.15, 0.2) is 64.9 Å². The Bertz CT molecular complexity index is 1080. The second kappa shape index (κ2) is 11.5. The van der Waals surface area contributed by atoms with Crippen molar-refractivity contribution < 1.29 is 26.7 Å². The highest BCUT2D eigenvalue weighted by molar-refractivity contribution is 6.00. The number of benzene rings is 1. The smallest absolute Gasteiger partial charge is 0.366 e. The Morgan fingerprint density at radius 1 is 1.29 bits per heavy atom. The predicted molar refractivity (Wildman–Crippen MR) is 119 cm³/mol. The van der Waals surface area contributed by atoms with Crippen LogP contribution in [0.5, 0.6) is 0 Å². The first-order valence-electron chi connectivity index (χ1n) is 10.2. The third-order valence-electron chi connectivity index (χ3n) is 4.89. The Balaban J connectivity index is 2.27. The van der Waals surface area contributed by atoms with E-state index in [0.717, 1.165) is 13.0 Å². The highest BCUT2D eigenvalue weighted by atomic mass is 19.4. The van der Waals surface area contributed by atoms with Crippen LogP contribution in [0.2, 0.25) is 0 Å². The van der Waals surface area contributed by atoms with Crippen molar-refractivity contribution in [3.63, 3.8) is 0 Å². The lowest BCUT2D eigenvalue weighted by atomic mass is 10.0. The van der Waals surface area contributed by atoms with E-state index in [1.165, 1.54) is 29.4 Å². The van der Waals surface area contributed by atoms with Gasteiger partial charge < -0.3 is 10.2 Å². The molecule has 0 saturated heterocycles. The highest BCUT2D eigenvalue weighted by Gasteiger charge is 2.30. The summed E-state index contributed by atoms with van der Waals surface area (Å²) in [7, 11) is 0. The molecule has 6 nitrogen and oxygen atoms in total. The lowest BCUT2D eigenvalue weighted by Gasteiger charge is -2.29. The van der Waals surface area contributed by atoms with E-state index in [9.17, 15) is 26.7 Å². The molecule has 182 valence electrons. The summed E-state index contributed by atoms with van der Waals surface area (Å²) < 4.78 is 66.3. The van der Waals surface area contributed by atoms with E-state index in [-0.39, 0.29) is 24.5 Å². The first-order valence-corrected chi connectivity index (χ1v) is 10.2. The molecule has 0 aliphatic rings. The van der Waals surface area contributed by atoms with Crippen LogP contribution in [0, 0.1) is 5.82 Å². The minimum Gasteiger partial charge on any atom is -0.366 e. The highest BCUT2D eigenvalue weighted by Crippen LogP contribution is 2.27. The van der Waals surface area contributed by atoms with E-state index in [0.29, 0.717) is 11.6 Å². The SMILES string of the molecule is C=N/C(NC[C@H](C)N(CC)C(=O)c1cc(F)ccc1-c1ncccn1)=C(F)\C=C(/C)C(F)(F)F. The number of hydrogen-bond donors (Lipinski definition) is 1.